The average Bonchev–Trinajstić information content (AvgIpc) is 3.03. The van der Waals surface area contributed by atoms with Gasteiger partial charge in [0.05, 0.1) is 19.3 Å². The number of benzene rings is 1. The summed E-state index contributed by atoms with van der Waals surface area (Å²) in [5.41, 5.74) is 0.884. The molecule has 1 heterocycles. The number of carbonyl (C=O) groups is 2. The predicted octanol–water partition coefficient (Wildman–Crippen LogP) is 2.61. The molecule has 2 atom stereocenters. The van der Waals surface area contributed by atoms with Crippen LogP contribution in [0.4, 0.5) is 5.82 Å². The maximum Gasteiger partial charge on any atom is 0.320 e. The lowest BCUT2D eigenvalue weighted by Gasteiger charge is -2.20. The van der Waals surface area contributed by atoms with Crippen molar-refractivity contribution >= 4 is 29.3 Å². The summed E-state index contributed by atoms with van der Waals surface area (Å²) in [4.78, 5) is 23.5. The zero-order valence-corrected chi connectivity index (χ0v) is 15.5. The second kappa shape index (κ2) is 9.35. The number of carboxylic acids is 1. The monoisotopic (exact) mass is 378 g/mol. The number of aromatic nitrogens is 2. The first-order valence-electron chi connectivity index (χ1n) is 8.43. The smallest absolute Gasteiger partial charge is 0.320 e. The number of halogens is 1. The summed E-state index contributed by atoms with van der Waals surface area (Å²) in [7, 11) is 0. The van der Waals surface area contributed by atoms with E-state index in [-0.39, 0.29) is 18.4 Å². The third kappa shape index (κ3) is 5.31. The van der Waals surface area contributed by atoms with E-state index in [1.807, 2.05) is 32.0 Å². The number of hydrogen-bond donors (Lipinski definition) is 3. The van der Waals surface area contributed by atoms with Crippen molar-refractivity contribution in [3.8, 4) is 0 Å². The minimum absolute atomic E-state index is 0.0777. The van der Waals surface area contributed by atoms with Crippen LogP contribution in [0, 0.1) is 5.92 Å². The molecule has 0 radical (unpaired) electrons. The molecule has 0 aliphatic carbocycles. The number of carbonyl (C=O) groups excluding carboxylic acids is 1. The molecule has 0 saturated carbocycles. The molecular weight excluding hydrogens is 356 g/mol. The number of anilines is 1. The van der Waals surface area contributed by atoms with Crippen molar-refractivity contribution in [1.82, 2.24) is 15.1 Å². The molecule has 8 heteroatoms. The third-order valence-corrected chi connectivity index (χ3v) is 4.59. The largest absolute Gasteiger partial charge is 0.480 e. The maximum atomic E-state index is 12.2. The van der Waals surface area contributed by atoms with Gasteiger partial charge in [-0.25, -0.2) is 4.68 Å². The van der Waals surface area contributed by atoms with Crippen molar-refractivity contribution in [3.63, 3.8) is 0 Å². The van der Waals surface area contributed by atoms with Gasteiger partial charge in [0.25, 0.3) is 0 Å². The van der Waals surface area contributed by atoms with Crippen LogP contribution in [0.5, 0.6) is 0 Å². The molecule has 0 bridgehead atoms. The lowest BCUT2D eigenvalue weighted by atomic mass is 9.99. The molecule has 0 saturated heterocycles. The second-order valence-corrected chi connectivity index (χ2v) is 6.50. The SMILES string of the molecule is CC[C@H](C)[C@H](NCC(=O)Nc1ccnn1Cc1ccccc1Cl)C(=O)O. The molecule has 1 aromatic heterocycles. The van der Waals surface area contributed by atoms with Crippen LogP contribution < -0.4 is 10.6 Å². The third-order valence-electron chi connectivity index (χ3n) is 4.22. The van der Waals surface area contributed by atoms with Gasteiger partial charge in [-0.3, -0.25) is 14.9 Å². The van der Waals surface area contributed by atoms with E-state index in [4.69, 9.17) is 11.6 Å². The fraction of sp³-hybridized carbons (Fsp3) is 0.389. The Bertz CT molecular complexity index is 762. The van der Waals surface area contributed by atoms with Gasteiger partial charge in [-0.2, -0.15) is 5.10 Å². The van der Waals surface area contributed by atoms with Crippen LogP contribution in [0.2, 0.25) is 5.02 Å². The molecular formula is C18H23ClN4O3. The summed E-state index contributed by atoms with van der Waals surface area (Å²) in [5.74, 6) is -0.852. The van der Waals surface area contributed by atoms with E-state index < -0.39 is 12.0 Å². The van der Waals surface area contributed by atoms with Gasteiger partial charge in [0.2, 0.25) is 5.91 Å². The highest BCUT2D eigenvalue weighted by atomic mass is 35.5. The van der Waals surface area contributed by atoms with Crippen molar-refractivity contribution in [2.75, 3.05) is 11.9 Å². The number of hydrogen-bond acceptors (Lipinski definition) is 4. The van der Waals surface area contributed by atoms with Crippen LogP contribution in [0.1, 0.15) is 25.8 Å². The molecule has 0 unspecified atom stereocenters. The quantitative estimate of drug-likeness (QED) is 0.623. The summed E-state index contributed by atoms with van der Waals surface area (Å²) >= 11 is 6.16. The Hall–Kier alpha value is -2.38. The fourth-order valence-corrected chi connectivity index (χ4v) is 2.71. The Morgan fingerprint density at radius 1 is 1.31 bits per heavy atom. The lowest BCUT2D eigenvalue weighted by molar-refractivity contribution is -0.140. The normalized spacial score (nSPS) is 13.2. The van der Waals surface area contributed by atoms with Gasteiger partial charge in [-0.15, -0.1) is 0 Å². The van der Waals surface area contributed by atoms with Crippen LogP contribution >= 0.6 is 11.6 Å². The van der Waals surface area contributed by atoms with Crippen LogP contribution in [0.3, 0.4) is 0 Å². The minimum atomic E-state index is -0.962. The van der Waals surface area contributed by atoms with Crippen molar-refractivity contribution in [3.05, 3.63) is 47.1 Å². The van der Waals surface area contributed by atoms with E-state index in [1.165, 1.54) is 0 Å². The Morgan fingerprint density at radius 2 is 2.04 bits per heavy atom. The van der Waals surface area contributed by atoms with Crippen LogP contribution in [-0.2, 0) is 16.1 Å². The zero-order valence-electron chi connectivity index (χ0n) is 14.8. The topological polar surface area (TPSA) is 96.3 Å². The van der Waals surface area contributed by atoms with Crippen LogP contribution in [0.25, 0.3) is 0 Å². The Kier molecular flexibility index (Phi) is 7.17. The summed E-state index contributed by atoms with van der Waals surface area (Å²) in [6.07, 6.45) is 2.29. The number of carboxylic acid groups (broad SMARTS) is 1. The highest BCUT2D eigenvalue weighted by Crippen LogP contribution is 2.18. The van der Waals surface area contributed by atoms with Crippen molar-refractivity contribution in [2.45, 2.75) is 32.9 Å². The Balaban J connectivity index is 1.97. The molecule has 0 spiro atoms. The predicted molar refractivity (Wildman–Crippen MR) is 100 cm³/mol. The van der Waals surface area contributed by atoms with E-state index in [9.17, 15) is 14.7 Å². The van der Waals surface area contributed by atoms with E-state index in [2.05, 4.69) is 15.7 Å². The molecule has 2 aromatic rings. The van der Waals surface area contributed by atoms with Crippen LogP contribution in [0.15, 0.2) is 36.5 Å². The average molecular weight is 379 g/mol. The van der Waals surface area contributed by atoms with Crippen molar-refractivity contribution < 1.29 is 14.7 Å². The molecule has 7 nitrogen and oxygen atoms in total. The Labute approximate surface area is 157 Å². The summed E-state index contributed by atoms with van der Waals surface area (Å²) in [6.45, 7) is 4.07. The summed E-state index contributed by atoms with van der Waals surface area (Å²) < 4.78 is 1.63. The zero-order chi connectivity index (χ0) is 19.1. The molecule has 0 fully saturated rings. The number of nitrogens with one attached hydrogen (secondary N) is 2. The van der Waals surface area contributed by atoms with Gasteiger partial charge < -0.3 is 10.4 Å². The summed E-state index contributed by atoms with van der Waals surface area (Å²) in [5, 5.41) is 19.6. The standard InChI is InChI=1S/C18H23ClN4O3/c1-3-12(2)17(18(25)26)20-10-16(24)22-15-8-9-21-23(15)11-13-6-4-5-7-14(13)19/h4-9,12,17,20H,3,10-11H2,1-2H3,(H,22,24)(H,25,26)/t12-,17-/m0/s1. The first-order chi connectivity index (χ1) is 12.4. The number of amides is 1. The van der Waals surface area contributed by atoms with Gasteiger partial charge >= 0.3 is 5.97 Å². The molecule has 1 aromatic carbocycles. The minimum Gasteiger partial charge on any atom is -0.480 e. The van der Waals surface area contributed by atoms with Gasteiger partial charge in [-0.05, 0) is 17.5 Å². The second-order valence-electron chi connectivity index (χ2n) is 6.10. The number of aliphatic carboxylic acids is 1. The molecule has 26 heavy (non-hydrogen) atoms. The molecule has 3 N–H and O–H groups in total. The van der Waals surface area contributed by atoms with Crippen molar-refractivity contribution in [2.24, 2.45) is 5.92 Å². The molecule has 1 amide bonds. The molecule has 0 aliphatic rings. The molecule has 0 aliphatic heterocycles. The van der Waals surface area contributed by atoms with Gasteiger partial charge in [0, 0.05) is 11.1 Å². The highest BCUT2D eigenvalue weighted by molar-refractivity contribution is 6.31. The first-order valence-corrected chi connectivity index (χ1v) is 8.81. The van der Waals surface area contributed by atoms with E-state index in [0.29, 0.717) is 23.8 Å². The Morgan fingerprint density at radius 3 is 2.69 bits per heavy atom. The maximum absolute atomic E-state index is 12.2. The highest BCUT2D eigenvalue weighted by Gasteiger charge is 2.23. The molecule has 2 rings (SSSR count). The van der Waals surface area contributed by atoms with Gasteiger partial charge in [0.15, 0.2) is 0 Å². The van der Waals surface area contributed by atoms with Crippen LogP contribution in [-0.4, -0.2) is 39.4 Å². The van der Waals surface area contributed by atoms with Gasteiger partial charge in [0.1, 0.15) is 11.9 Å². The lowest BCUT2D eigenvalue weighted by Crippen LogP contribution is -2.45. The first kappa shape index (κ1) is 19.9. The van der Waals surface area contributed by atoms with E-state index in [1.54, 1.807) is 23.0 Å². The fourth-order valence-electron chi connectivity index (χ4n) is 2.51. The summed E-state index contributed by atoms with van der Waals surface area (Å²) in [6, 6.07) is 8.33. The van der Waals surface area contributed by atoms with E-state index >= 15 is 0 Å². The number of nitrogens with zero attached hydrogens (tertiary/aromatic N) is 2. The van der Waals surface area contributed by atoms with Crippen molar-refractivity contribution in [1.29, 1.82) is 0 Å². The van der Waals surface area contributed by atoms with E-state index in [0.717, 1.165) is 5.56 Å². The van der Waals surface area contributed by atoms with Gasteiger partial charge in [-0.1, -0.05) is 50.1 Å². The number of rotatable bonds is 9. The molecule has 140 valence electrons.